The van der Waals surface area contributed by atoms with E-state index in [9.17, 15) is 5.11 Å². The summed E-state index contributed by atoms with van der Waals surface area (Å²) in [4.78, 5) is 2.60. The number of nitrogens with one attached hydrogen (secondary N) is 1. The van der Waals surface area contributed by atoms with Gasteiger partial charge >= 0.3 is 0 Å². The number of piperidine rings is 2. The van der Waals surface area contributed by atoms with Crippen LogP contribution >= 0.6 is 0 Å². The van der Waals surface area contributed by atoms with Crippen molar-refractivity contribution in [2.24, 2.45) is 11.3 Å². The van der Waals surface area contributed by atoms with Crippen LogP contribution < -0.4 is 10.2 Å². The summed E-state index contributed by atoms with van der Waals surface area (Å²) in [5.41, 5.74) is 7.59. The lowest BCUT2D eigenvalue weighted by Crippen LogP contribution is -2.45. The maximum Gasteiger partial charge on any atom is 0.115 e. The van der Waals surface area contributed by atoms with Crippen LogP contribution in [0.3, 0.4) is 0 Å². The molecule has 6 rings (SSSR count). The molecule has 1 spiro atoms. The smallest absolute Gasteiger partial charge is 0.115 e. The normalized spacial score (nSPS) is 26.2. The molecule has 178 valence electrons. The van der Waals surface area contributed by atoms with Gasteiger partial charge < -0.3 is 15.3 Å². The van der Waals surface area contributed by atoms with Crippen molar-refractivity contribution in [3.63, 3.8) is 0 Å². The van der Waals surface area contributed by atoms with Gasteiger partial charge in [-0.3, -0.25) is 0 Å². The van der Waals surface area contributed by atoms with Crippen molar-refractivity contribution in [3.8, 4) is 5.75 Å². The lowest BCUT2D eigenvalue weighted by Gasteiger charge is -2.45. The molecule has 2 aliphatic carbocycles. The van der Waals surface area contributed by atoms with Gasteiger partial charge in [-0.25, -0.2) is 0 Å². The predicted octanol–water partition coefficient (Wildman–Crippen LogP) is 6.33. The van der Waals surface area contributed by atoms with E-state index >= 15 is 0 Å². The van der Waals surface area contributed by atoms with Crippen LogP contribution in [0.5, 0.6) is 5.75 Å². The molecule has 0 saturated carbocycles. The molecule has 4 aliphatic rings. The van der Waals surface area contributed by atoms with Crippen molar-refractivity contribution < 1.29 is 5.11 Å². The number of nitrogens with zero attached hydrogens (tertiary/aromatic N) is 1. The van der Waals surface area contributed by atoms with E-state index in [2.05, 4.69) is 58.8 Å². The summed E-state index contributed by atoms with van der Waals surface area (Å²) in [6, 6.07) is 15.5. The van der Waals surface area contributed by atoms with Gasteiger partial charge in [0.2, 0.25) is 0 Å². The van der Waals surface area contributed by atoms with Crippen molar-refractivity contribution in [3.05, 3.63) is 83.0 Å². The summed E-state index contributed by atoms with van der Waals surface area (Å²) in [6.45, 7) is 4.76. The number of phenols is 1. The second-order valence-corrected chi connectivity index (χ2v) is 11.0. The zero-order valence-corrected chi connectivity index (χ0v) is 20.3. The highest BCUT2D eigenvalue weighted by Gasteiger charge is 2.36. The number of allylic oxidation sites excluding steroid dienone is 4. The number of benzene rings is 2. The van der Waals surface area contributed by atoms with E-state index in [1.807, 2.05) is 12.1 Å². The number of fused-ring (bicyclic) bond motifs is 1. The number of rotatable bonds is 3. The van der Waals surface area contributed by atoms with Crippen molar-refractivity contribution in [2.75, 3.05) is 31.1 Å². The molecular weight excluding hydrogens is 416 g/mol. The SMILES string of the molecule is Oc1ccc2c(c1)CCC(C1=CCCC=C1)C2c1ccc(N2CCC3(CCNCC3)CC2)cc1. The van der Waals surface area contributed by atoms with Crippen LogP contribution in [0, 0.1) is 11.3 Å². The Kier molecular flexibility index (Phi) is 5.99. The molecule has 2 N–H and O–H groups in total. The largest absolute Gasteiger partial charge is 0.508 e. The van der Waals surface area contributed by atoms with Crippen molar-refractivity contribution in [1.82, 2.24) is 5.32 Å². The fourth-order valence-corrected chi connectivity index (χ4v) is 7.07. The first-order valence-electron chi connectivity index (χ1n) is 13.4. The van der Waals surface area contributed by atoms with E-state index in [4.69, 9.17) is 0 Å². The van der Waals surface area contributed by atoms with Gasteiger partial charge in [0.1, 0.15) is 5.75 Å². The third kappa shape index (κ3) is 4.20. The molecule has 2 fully saturated rings. The summed E-state index contributed by atoms with van der Waals surface area (Å²) in [5, 5.41) is 13.6. The molecule has 2 aromatic carbocycles. The van der Waals surface area contributed by atoms with Crippen molar-refractivity contribution in [2.45, 2.75) is 57.3 Å². The number of aryl methyl sites for hydroxylation is 1. The maximum atomic E-state index is 10.1. The molecule has 3 nitrogen and oxygen atoms in total. The van der Waals surface area contributed by atoms with E-state index in [1.54, 1.807) is 0 Å². The minimum absolute atomic E-state index is 0.353. The van der Waals surface area contributed by atoms with E-state index in [1.165, 1.54) is 79.8 Å². The number of hydrogen-bond donors (Lipinski definition) is 2. The topological polar surface area (TPSA) is 35.5 Å². The molecule has 34 heavy (non-hydrogen) atoms. The first-order valence-corrected chi connectivity index (χ1v) is 13.4. The molecule has 2 atom stereocenters. The van der Waals surface area contributed by atoms with Crippen molar-refractivity contribution >= 4 is 5.69 Å². The monoisotopic (exact) mass is 454 g/mol. The van der Waals surface area contributed by atoms with Gasteiger partial charge in [0.25, 0.3) is 0 Å². The fourth-order valence-electron chi connectivity index (χ4n) is 7.07. The summed E-state index contributed by atoms with van der Waals surface area (Å²) < 4.78 is 0. The highest BCUT2D eigenvalue weighted by atomic mass is 16.3. The predicted molar refractivity (Wildman–Crippen MR) is 141 cm³/mol. The molecule has 2 aromatic rings. The van der Waals surface area contributed by atoms with Crippen LogP contribution in [0.1, 0.15) is 67.6 Å². The highest BCUT2D eigenvalue weighted by molar-refractivity contribution is 5.52. The molecule has 0 radical (unpaired) electrons. The summed E-state index contributed by atoms with van der Waals surface area (Å²) in [7, 11) is 0. The first kappa shape index (κ1) is 22.0. The van der Waals surface area contributed by atoms with Crippen LogP contribution in [0.4, 0.5) is 5.69 Å². The fraction of sp³-hybridized carbons (Fsp3) is 0.484. The Morgan fingerprint density at radius 1 is 0.912 bits per heavy atom. The Hall–Kier alpha value is -2.52. The van der Waals surface area contributed by atoms with Gasteiger partial charge in [0, 0.05) is 24.7 Å². The second kappa shape index (κ2) is 9.26. The molecule has 3 heteroatoms. The minimum atomic E-state index is 0.353. The van der Waals surface area contributed by atoms with E-state index in [0.717, 1.165) is 25.7 Å². The highest BCUT2D eigenvalue weighted by Crippen LogP contribution is 2.46. The average molecular weight is 455 g/mol. The lowest BCUT2D eigenvalue weighted by atomic mass is 9.68. The zero-order valence-electron chi connectivity index (χ0n) is 20.3. The van der Waals surface area contributed by atoms with Crippen LogP contribution in [-0.4, -0.2) is 31.3 Å². The van der Waals surface area contributed by atoms with Gasteiger partial charge in [0.15, 0.2) is 0 Å². The van der Waals surface area contributed by atoms with E-state index < -0.39 is 0 Å². The first-order chi connectivity index (χ1) is 16.7. The van der Waals surface area contributed by atoms with Crippen LogP contribution in [0.15, 0.2) is 66.3 Å². The zero-order chi connectivity index (χ0) is 23.0. The molecule has 0 bridgehead atoms. The molecular formula is C31H38N2O. The molecule has 2 heterocycles. The molecule has 2 aliphatic heterocycles. The summed E-state index contributed by atoms with van der Waals surface area (Å²) in [5.74, 6) is 1.25. The number of phenolic OH excluding ortho intramolecular Hbond substituents is 1. The average Bonchev–Trinajstić information content (AvgIpc) is 2.89. The number of hydrogen-bond acceptors (Lipinski definition) is 3. The van der Waals surface area contributed by atoms with E-state index in [0.29, 0.717) is 23.0 Å². The number of anilines is 1. The molecule has 0 amide bonds. The standard InChI is InChI=1S/C31H38N2O/c34-27-11-13-29-25(22-27)8-12-28(23-4-2-1-3-5-23)30(29)24-6-9-26(10-7-24)33-20-16-31(17-21-33)14-18-32-19-15-31/h2,4-7,9-11,13,22,28,30,32,34H,1,3,8,12,14-21H2. The van der Waals surface area contributed by atoms with Crippen LogP contribution in [0.2, 0.25) is 0 Å². The Balaban J connectivity index is 1.26. The van der Waals surface area contributed by atoms with Gasteiger partial charge in [-0.15, -0.1) is 0 Å². The van der Waals surface area contributed by atoms with Crippen molar-refractivity contribution in [1.29, 1.82) is 0 Å². The molecule has 0 aromatic heterocycles. The third-order valence-electron chi connectivity index (χ3n) is 9.15. The van der Waals surface area contributed by atoms with Gasteiger partial charge in [-0.1, -0.05) is 36.4 Å². The van der Waals surface area contributed by atoms with Crippen LogP contribution in [0.25, 0.3) is 0 Å². The second-order valence-electron chi connectivity index (χ2n) is 11.0. The van der Waals surface area contributed by atoms with Gasteiger partial charge in [0.05, 0.1) is 0 Å². The van der Waals surface area contributed by atoms with Gasteiger partial charge in [-0.2, -0.15) is 0 Å². The lowest BCUT2D eigenvalue weighted by molar-refractivity contribution is 0.155. The quantitative estimate of drug-likeness (QED) is 0.569. The molecule has 2 saturated heterocycles. The Morgan fingerprint density at radius 3 is 2.44 bits per heavy atom. The van der Waals surface area contributed by atoms with Gasteiger partial charge in [-0.05, 0) is 122 Å². The number of aromatic hydroxyl groups is 1. The maximum absolute atomic E-state index is 10.1. The Morgan fingerprint density at radius 2 is 1.71 bits per heavy atom. The summed E-state index contributed by atoms with van der Waals surface area (Å²) >= 11 is 0. The van der Waals surface area contributed by atoms with Crippen LogP contribution in [-0.2, 0) is 6.42 Å². The molecule has 2 unspecified atom stereocenters. The third-order valence-corrected chi connectivity index (χ3v) is 9.15. The van der Waals surface area contributed by atoms with E-state index in [-0.39, 0.29) is 0 Å². The summed E-state index contributed by atoms with van der Waals surface area (Å²) in [6.07, 6.45) is 17.0. The Labute approximate surface area is 204 Å². The minimum Gasteiger partial charge on any atom is -0.508 e. The Bertz CT molecular complexity index is 1070.